The summed E-state index contributed by atoms with van der Waals surface area (Å²) in [7, 11) is 0. The second kappa shape index (κ2) is 13.9. The molecule has 1 aliphatic rings. The van der Waals surface area contributed by atoms with Gasteiger partial charge < -0.3 is 0 Å². The van der Waals surface area contributed by atoms with E-state index in [4.69, 9.17) is 4.74 Å². The van der Waals surface area contributed by atoms with Crippen LogP contribution in [0.2, 0.25) is 9.91 Å². The van der Waals surface area contributed by atoms with Crippen LogP contribution in [0.4, 0.5) is 5.69 Å². The van der Waals surface area contributed by atoms with Gasteiger partial charge in [-0.3, -0.25) is 0 Å². The van der Waals surface area contributed by atoms with Crippen LogP contribution in [0, 0.1) is 5.92 Å². The van der Waals surface area contributed by atoms with Crippen LogP contribution in [0.25, 0.3) is 0 Å². The number of carbonyl (C=O) groups is 2. The van der Waals surface area contributed by atoms with Gasteiger partial charge in [-0.2, -0.15) is 0 Å². The van der Waals surface area contributed by atoms with Crippen LogP contribution in [0.15, 0.2) is 42.5 Å². The van der Waals surface area contributed by atoms with Crippen LogP contribution >= 0.6 is 0 Å². The predicted octanol–water partition coefficient (Wildman–Crippen LogP) is 7.00. The minimum atomic E-state index is -1.47. The van der Waals surface area contributed by atoms with Gasteiger partial charge in [-0.05, 0) is 0 Å². The molecule has 0 spiro atoms. The van der Waals surface area contributed by atoms with E-state index < -0.39 is 20.6 Å². The van der Waals surface area contributed by atoms with E-state index in [1.165, 1.54) is 41.7 Å². The molecule has 1 aliphatic carbocycles. The number of amides is 1. The van der Waals surface area contributed by atoms with Gasteiger partial charge in [0.1, 0.15) is 0 Å². The van der Waals surface area contributed by atoms with Crippen molar-refractivity contribution in [1.82, 2.24) is 0 Å². The fourth-order valence-electron chi connectivity index (χ4n) is 5.16. The number of carbonyl (C=O) groups excluding carboxylic acids is 1. The first kappa shape index (κ1) is 28.3. The Kier molecular flexibility index (Phi) is 10.9. The van der Waals surface area contributed by atoms with Gasteiger partial charge in [-0.15, -0.1) is 0 Å². The fourth-order valence-corrected chi connectivity index (χ4v) is 12.2. The second-order valence-corrected chi connectivity index (χ2v) is 15.5. The Labute approximate surface area is 221 Å². The molecule has 1 saturated carbocycles. The Morgan fingerprint density at radius 3 is 2.33 bits per heavy atom. The number of carboxylic acids is 1. The summed E-state index contributed by atoms with van der Waals surface area (Å²) in [6.07, 6.45) is 7.35. The summed E-state index contributed by atoms with van der Waals surface area (Å²) in [6.45, 7) is 9.15. The summed E-state index contributed by atoms with van der Waals surface area (Å²) >= 11 is -1.47. The Morgan fingerprint density at radius 2 is 1.75 bits per heavy atom. The Balaban J connectivity index is 1.99. The van der Waals surface area contributed by atoms with E-state index in [-0.39, 0.29) is 18.2 Å². The Morgan fingerprint density at radius 1 is 1.06 bits per heavy atom. The summed E-state index contributed by atoms with van der Waals surface area (Å²) in [5, 5.41) is 13.9. The van der Waals surface area contributed by atoms with Crippen molar-refractivity contribution in [2.24, 2.45) is 5.92 Å². The first-order valence-electron chi connectivity index (χ1n) is 13.5. The van der Waals surface area contributed by atoms with Crippen LogP contribution < -0.4 is 14.4 Å². The van der Waals surface area contributed by atoms with E-state index in [2.05, 4.69) is 37.4 Å². The standard InChI is InChI=1S/C30H42AsNO4/c1-5-22(19-29(33)34)24-14-17-27(31(20-21(3)4)25-10-8-7-9-11-25)28(18-24)32-30(35)23-12-15-26(16-13-23)36-6-2/h12-18,21-22,25H,5-11,19-20H2,1-4H3,(H,32,35)(H,33,34). The topological polar surface area (TPSA) is 75.6 Å². The molecule has 0 radical (unpaired) electrons. The zero-order chi connectivity index (χ0) is 26.1. The first-order chi connectivity index (χ1) is 17.3. The molecule has 2 unspecified atom stereocenters. The molecule has 0 bridgehead atoms. The zero-order valence-electron chi connectivity index (χ0n) is 22.3. The number of hydrogen-bond donors (Lipinski definition) is 2. The third kappa shape index (κ3) is 7.87. The molecule has 0 aliphatic heterocycles. The summed E-state index contributed by atoms with van der Waals surface area (Å²) < 4.78 is 7.61. The normalized spacial score (nSPS) is 15.9. The maximum atomic E-state index is 13.4. The van der Waals surface area contributed by atoms with E-state index in [1.807, 2.05) is 26.0 Å². The molecule has 2 atom stereocenters. The molecule has 2 N–H and O–H groups in total. The van der Waals surface area contributed by atoms with Crippen molar-refractivity contribution in [3.05, 3.63) is 53.6 Å². The predicted molar refractivity (Wildman–Crippen MR) is 149 cm³/mol. The van der Waals surface area contributed by atoms with Gasteiger partial charge in [0, 0.05) is 0 Å². The summed E-state index contributed by atoms with van der Waals surface area (Å²) in [5.41, 5.74) is 2.47. The molecular formula is C30H42AsNO4. The van der Waals surface area contributed by atoms with Crippen molar-refractivity contribution in [3.63, 3.8) is 0 Å². The summed E-state index contributed by atoms with van der Waals surface area (Å²) in [4.78, 5) is 24.8. The van der Waals surface area contributed by atoms with Crippen molar-refractivity contribution in [3.8, 4) is 5.75 Å². The molecular weight excluding hydrogens is 513 g/mol. The number of nitrogens with one attached hydrogen (secondary N) is 1. The van der Waals surface area contributed by atoms with E-state index in [9.17, 15) is 14.7 Å². The number of benzene rings is 2. The van der Waals surface area contributed by atoms with Crippen LogP contribution in [-0.4, -0.2) is 38.2 Å². The average molecular weight is 556 g/mol. The summed E-state index contributed by atoms with van der Waals surface area (Å²) in [6, 6.07) is 13.7. The van der Waals surface area contributed by atoms with Crippen LogP contribution in [-0.2, 0) is 4.79 Å². The monoisotopic (exact) mass is 555 g/mol. The van der Waals surface area contributed by atoms with Crippen molar-refractivity contribution in [2.45, 2.75) is 88.5 Å². The van der Waals surface area contributed by atoms with Gasteiger partial charge >= 0.3 is 222 Å². The number of aliphatic carboxylic acids is 1. The number of anilines is 1. The van der Waals surface area contributed by atoms with Crippen LogP contribution in [0.3, 0.4) is 0 Å². The van der Waals surface area contributed by atoms with Crippen molar-refractivity contribution < 1.29 is 19.4 Å². The fraction of sp³-hybridized carbons (Fsp3) is 0.533. The molecule has 1 fully saturated rings. The van der Waals surface area contributed by atoms with Gasteiger partial charge in [-0.25, -0.2) is 0 Å². The molecule has 3 rings (SSSR count). The zero-order valence-corrected chi connectivity index (χ0v) is 24.1. The van der Waals surface area contributed by atoms with E-state index >= 15 is 0 Å². The molecule has 2 aromatic rings. The molecule has 1 amide bonds. The minimum absolute atomic E-state index is 0.0709. The molecule has 0 saturated heterocycles. The first-order valence-corrected chi connectivity index (χ1v) is 16.8. The van der Waals surface area contributed by atoms with Gasteiger partial charge in [0.2, 0.25) is 0 Å². The van der Waals surface area contributed by atoms with E-state index in [0.29, 0.717) is 18.1 Å². The van der Waals surface area contributed by atoms with E-state index in [0.717, 1.165) is 28.1 Å². The van der Waals surface area contributed by atoms with Gasteiger partial charge in [0.15, 0.2) is 0 Å². The molecule has 2 aromatic carbocycles. The Bertz CT molecular complexity index is 999. The molecule has 196 valence electrons. The second-order valence-electron chi connectivity index (χ2n) is 10.2. The number of rotatable bonds is 12. The van der Waals surface area contributed by atoms with Crippen LogP contribution in [0.5, 0.6) is 5.75 Å². The van der Waals surface area contributed by atoms with Crippen molar-refractivity contribution in [1.29, 1.82) is 0 Å². The number of hydrogen-bond acceptors (Lipinski definition) is 3. The maximum absolute atomic E-state index is 13.4. The molecule has 6 heteroatoms. The third-order valence-electron chi connectivity index (χ3n) is 6.97. The number of carboxylic acid groups (broad SMARTS) is 1. The molecule has 0 aromatic heterocycles. The molecule has 0 heterocycles. The number of ether oxygens (including phenoxy) is 1. The van der Waals surface area contributed by atoms with Crippen molar-refractivity contribution in [2.75, 3.05) is 11.9 Å². The van der Waals surface area contributed by atoms with E-state index in [1.54, 1.807) is 12.1 Å². The molecule has 36 heavy (non-hydrogen) atoms. The van der Waals surface area contributed by atoms with Crippen LogP contribution in [0.1, 0.15) is 94.5 Å². The van der Waals surface area contributed by atoms with Gasteiger partial charge in [0.25, 0.3) is 0 Å². The summed E-state index contributed by atoms with van der Waals surface area (Å²) in [5.74, 6) is 0.360. The SMILES string of the molecule is CCOc1ccc(C(=O)Nc2cc(C(CC)CC(=O)O)ccc2[As](CC(C)C)C2CCCCC2)cc1. The quantitative estimate of drug-likeness (QED) is 0.277. The van der Waals surface area contributed by atoms with Gasteiger partial charge in [-0.1, -0.05) is 0 Å². The van der Waals surface area contributed by atoms with Crippen molar-refractivity contribution >= 4 is 36.6 Å². The molecule has 5 nitrogen and oxygen atoms in total. The van der Waals surface area contributed by atoms with Gasteiger partial charge in [0.05, 0.1) is 0 Å². The average Bonchev–Trinajstić information content (AvgIpc) is 2.87. The third-order valence-corrected chi connectivity index (χ3v) is 14.4. The Hall–Kier alpha value is -2.26.